The molecule has 2 fully saturated rings. The average Bonchev–Trinajstić information content (AvgIpc) is 3.21. The molecule has 2 aromatic rings. The summed E-state index contributed by atoms with van der Waals surface area (Å²) in [6, 6.07) is 5.58. The number of benzene rings is 1. The second kappa shape index (κ2) is 5.32. The Hall–Kier alpha value is -1.92. The highest BCUT2D eigenvalue weighted by atomic mass is 16.3. The maximum Gasteiger partial charge on any atom is 0.253 e. The van der Waals surface area contributed by atoms with Gasteiger partial charge in [-0.05, 0) is 42.7 Å². The Morgan fingerprint density at radius 1 is 1.35 bits per heavy atom. The first kappa shape index (κ1) is 14.7. The third kappa shape index (κ3) is 2.24. The van der Waals surface area contributed by atoms with Gasteiger partial charge in [0.2, 0.25) is 0 Å². The van der Waals surface area contributed by atoms with Gasteiger partial charge in [-0.1, -0.05) is 6.07 Å². The van der Waals surface area contributed by atoms with Gasteiger partial charge in [-0.3, -0.25) is 4.79 Å². The van der Waals surface area contributed by atoms with E-state index in [-0.39, 0.29) is 23.7 Å². The molecule has 2 saturated carbocycles. The Morgan fingerprint density at radius 2 is 2.17 bits per heavy atom. The van der Waals surface area contributed by atoms with E-state index in [1.165, 1.54) is 0 Å². The van der Waals surface area contributed by atoms with Crippen LogP contribution in [0.2, 0.25) is 0 Å². The van der Waals surface area contributed by atoms with E-state index in [1.54, 1.807) is 12.4 Å². The summed E-state index contributed by atoms with van der Waals surface area (Å²) < 4.78 is 1.89. The quantitative estimate of drug-likeness (QED) is 0.777. The SMILES string of the molecule is Cn1cnc2c(C(=O)NC[C@@H]3C[C@H]4C[C@@H]3[C@H](O)[C@@H]4O)cccc21. The highest BCUT2D eigenvalue weighted by Gasteiger charge is 2.51. The number of aliphatic hydroxyl groups is 2. The van der Waals surface area contributed by atoms with Crippen molar-refractivity contribution in [1.82, 2.24) is 14.9 Å². The van der Waals surface area contributed by atoms with Crippen LogP contribution in [0, 0.1) is 17.8 Å². The number of amides is 1. The molecule has 2 bridgehead atoms. The number of rotatable bonds is 3. The number of aromatic nitrogens is 2. The Bertz CT molecular complexity index is 755. The van der Waals surface area contributed by atoms with Crippen LogP contribution in [0.3, 0.4) is 0 Å². The van der Waals surface area contributed by atoms with E-state index in [0.717, 1.165) is 18.4 Å². The van der Waals surface area contributed by atoms with E-state index >= 15 is 0 Å². The molecule has 6 nitrogen and oxygen atoms in total. The van der Waals surface area contributed by atoms with Gasteiger partial charge in [0.05, 0.1) is 29.6 Å². The number of hydrogen-bond donors (Lipinski definition) is 3. The van der Waals surface area contributed by atoms with Crippen LogP contribution >= 0.6 is 0 Å². The molecule has 0 aliphatic heterocycles. The lowest BCUT2D eigenvalue weighted by Crippen LogP contribution is -2.41. The normalized spacial score (nSPS) is 32.6. The number of imidazole rings is 1. The lowest BCUT2D eigenvalue weighted by Gasteiger charge is -2.29. The average molecular weight is 315 g/mol. The van der Waals surface area contributed by atoms with Crippen LogP contribution in [0.15, 0.2) is 24.5 Å². The Kier molecular flexibility index (Phi) is 3.39. The summed E-state index contributed by atoms with van der Waals surface area (Å²) >= 11 is 0. The maximum atomic E-state index is 12.5. The van der Waals surface area contributed by atoms with Crippen LogP contribution in [-0.4, -0.2) is 44.4 Å². The van der Waals surface area contributed by atoms with Gasteiger partial charge >= 0.3 is 0 Å². The van der Waals surface area contributed by atoms with Gasteiger partial charge in [-0.2, -0.15) is 0 Å². The van der Waals surface area contributed by atoms with Crippen molar-refractivity contribution in [3.63, 3.8) is 0 Å². The molecule has 0 spiro atoms. The summed E-state index contributed by atoms with van der Waals surface area (Å²) in [6.07, 6.45) is 2.20. The standard InChI is InChI=1S/C17H21N3O3/c1-20-8-19-14-11(3-2-4-13(14)20)17(23)18-7-10-5-9-6-12(10)16(22)15(9)21/h2-4,8-10,12,15-16,21-22H,5-7H2,1H3,(H,18,23)/t9-,10-,12-,15+,16-/m0/s1. The molecular weight excluding hydrogens is 294 g/mol. The van der Waals surface area contributed by atoms with Crippen LogP contribution in [0.25, 0.3) is 11.0 Å². The molecule has 1 aromatic carbocycles. The van der Waals surface area contributed by atoms with Gasteiger partial charge < -0.3 is 20.1 Å². The zero-order valence-corrected chi connectivity index (χ0v) is 13.0. The summed E-state index contributed by atoms with van der Waals surface area (Å²) in [4.78, 5) is 16.8. The van der Waals surface area contributed by atoms with Gasteiger partial charge in [0.1, 0.15) is 5.52 Å². The second-order valence-electron chi connectivity index (χ2n) is 6.88. The number of carbonyl (C=O) groups excluding carboxylic acids is 1. The van der Waals surface area contributed by atoms with Crippen molar-refractivity contribution in [2.45, 2.75) is 25.0 Å². The molecule has 2 aliphatic carbocycles. The maximum absolute atomic E-state index is 12.5. The second-order valence-corrected chi connectivity index (χ2v) is 6.88. The number of nitrogens with one attached hydrogen (secondary N) is 1. The van der Waals surface area contributed by atoms with Crippen molar-refractivity contribution >= 4 is 16.9 Å². The monoisotopic (exact) mass is 315 g/mol. The van der Waals surface area contributed by atoms with Crippen LogP contribution in [0.5, 0.6) is 0 Å². The fourth-order valence-corrected chi connectivity index (χ4v) is 4.33. The van der Waals surface area contributed by atoms with Gasteiger partial charge in [0, 0.05) is 13.6 Å². The van der Waals surface area contributed by atoms with Crippen molar-refractivity contribution in [2.75, 3.05) is 6.54 Å². The molecule has 1 amide bonds. The summed E-state index contributed by atoms with van der Waals surface area (Å²) in [5.74, 6) is 0.384. The summed E-state index contributed by atoms with van der Waals surface area (Å²) in [5, 5.41) is 22.8. The van der Waals surface area contributed by atoms with Crippen molar-refractivity contribution in [3.8, 4) is 0 Å². The molecule has 1 heterocycles. The van der Waals surface area contributed by atoms with Gasteiger partial charge in [-0.25, -0.2) is 4.98 Å². The number of aliphatic hydroxyl groups excluding tert-OH is 2. The van der Waals surface area contributed by atoms with Gasteiger partial charge in [0.25, 0.3) is 5.91 Å². The lowest BCUT2D eigenvalue weighted by molar-refractivity contribution is -0.0332. The lowest BCUT2D eigenvalue weighted by atomic mass is 9.85. The van der Waals surface area contributed by atoms with Crippen molar-refractivity contribution in [3.05, 3.63) is 30.1 Å². The topological polar surface area (TPSA) is 87.4 Å². The number of fused-ring (bicyclic) bond motifs is 3. The van der Waals surface area contributed by atoms with E-state index < -0.39 is 12.2 Å². The van der Waals surface area contributed by atoms with Crippen LogP contribution in [0.1, 0.15) is 23.2 Å². The fourth-order valence-electron chi connectivity index (χ4n) is 4.33. The Labute approximate surface area is 134 Å². The van der Waals surface area contributed by atoms with Crippen LogP contribution in [0.4, 0.5) is 0 Å². The molecule has 5 atom stereocenters. The minimum atomic E-state index is -0.644. The Balaban J connectivity index is 1.46. The van der Waals surface area contributed by atoms with Gasteiger partial charge in [-0.15, -0.1) is 0 Å². The predicted octanol–water partition coefficient (Wildman–Crippen LogP) is 0.681. The summed E-state index contributed by atoms with van der Waals surface area (Å²) in [6.45, 7) is 0.535. The molecule has 6 heteroatoms. The zero-order valence-electron chi connectivity index (χ0n) is 13.0. The minimum Gasteiger partial charge on any atom is -0.390 e. The third-order valence-electron chi connectivity index (χ3n) is 5.58. The highest BCUT2D eigenvalue weighted by Crippen LogP contribution is 2.48. The molecule has 122 valence electrons. The third-order valence-corrected chi connectivity index (χ3v) is 5.58. The molecule has 3 N–H and O–H groups in total. The van der Waals surface area contributed by atoms with E-state index in [2.05, 4.69) is 10.3 Å². The first-order valence-corrected chi connectivity index (χ1v) is 8.10. The molecule has 0 unspecified atom stereocenters. The molecule has 4 rings (SSSR count). The molecule has 23 heavy (non-hydrogen) atoms. The number of hydrogen-bond acceptors (Lipinski definition) is 4. The van der Waals surface area contributed by atoms with Crippen molar-refractivity contribution in [1.29, 1.82) is 0 Å². The van der Waals surface area contributed by atoms with Gasteiger partial charge in [0.15, 0.2) is 0 Å². The van der Waals surface area contributed by atoms with E-state index in [9.17, 15) is 15.0 Å². The molecule has 2 aliphatic rings. The zero-order chi connectivity index (χ0) is 16.1. The summed E-state index contributed by atoms with van der Waals surface area (Å²) in [7, 11) is 1.90. The first-order valence-electron chi connectivity index (χ1n) is 8.10. The van der Waals surface area contributed by atoms with Crippen molar-refractivity contribution in [2.24, 2.45) is 24.8 Å². The number of nitrogens with zero attached hydrogens (tertiary/aromatic N) is 2. The number of para-hydroxylation sites is 1. The Morgan fingerprint density at radius 3 is 2.91 bits per heavy atom. The fraction of sp³-hybridized carbons (Fsp3) is 0.529. The largest absolute Gasteiger partial charge is 0.390 e. The van der Waals surface area contributed by atoms with Crippen molar-refractivity contribution < 1.29 is 15.0 Å². The number of aryl methyl sites for hydroxylation is 1. The first-order chi connectivity index (χ1) is 11.1. The number of carbonyl (C=O) groups is 1. The smallest absolute Gasteiger partial charge is 0.253 e. The van der Waals surface area contributed by atoms with E-state index in [0.29, 0.717) is 17.6 Å². The molecule has 1 aromatic heterocycles. The van der Waals surface area contributed by atoms with E-state index in [1.807, 2.05) is 23.7 Å². The summed E-state index contributed by atoms with van der Waals surface area (Å²) in [5.41, 5.74) is 2.21. The highest BCUT2D eigenvalue weighted by molar-refractivity contribution is 6.04. The van der Waals surface area contributed by atoms with E-state index in [4.69, 9.17) is 0 Å². The van der Waals surface area contributed by atoms with Crippen LogP contribution in [-0.2, 0) is 7.05 Å². The minimum absolute atomic E-state index is 0.0981. The molecule has 0 saturated heterocycles. The predicted molar refractivity (Wildman–Crippen MR) is 84.8 cm³/mol. The molecule has 0 radical (unpaired) electrons. The molecular formula is C17H21N3O3. The van der Waals surface area contributed by atoms with Crippen LogP contribution < -0.4 is 5.32 Å².